The first-order chi connectivity index (χ1) is 6.81. The number of pyridine rings is 1. The Hall–Kier alpha value is -1.35. The Kier molecular flexibility index (Phi) is 4.13. The number of hydrogen-bond donors (Lipinski definition) is 1. The van der Waals surface area contributed by atoms with Crippen molar-refractivity contribution in [2.24, 2.45) is 5.73 Å². The Morgan fingerprint density at radius 1 is 1.64 bits per heavy atom. The molecule has 1 rings (SSSR count). The van der Waals surface area contributed by atoms with Crippen LogP contribution in [0.4, 0.5) is 5.82 Å². The van der Waals surface area contributed by atoms with Crippen molar-refractivity contribution in [3.8, 4) is 0 Å². The monoisotopic (exact) mass is 191 g/mol. The number of anilines is 1. The zero-order valence-corrected chi connectivity index (χ0v) is 8.61. The molecule has 0 aliphatic carbocycles. The van der Waals surface area contributed by atoms with Crippen LogP contribution in [0, 0.1) is 0 Å². The van der Waals surface area contributed by atoms with Gasteiger partial charge >= 0.3 is 0 Å². The lowest BCUT2D eigenvalue weighted by Gasteiger charge is -2.20. The Labute approximate surface area is 85.3 Å². The Balaban J connectivity index is 2.85. The third kappa shape index (κ3) is 2.57. The Morgan fingerprint density at radius 2 is 2.43 bits per heavy atom. The van der Waals surface area contributed by atoms with Gasteiger partial charge in [0.15, 0.2) is 0 Å². The van der Waals surface area contributed by atoms with Gasteiger partial charge in [-0.3, -0.25) is 0 Å². The highest BCUT2D eigenvalue weighted by atomic mass is 15.2. The maximum absolute atomic E-state index is 5.57. The smallest absolute Gasteiger partial charge is 0.129 e. The first kappa shape index (κ1) is 10.7. The highest BCUT2D eigenvalue weighted by Gasteiger charge is 2.03. The lowest BCUT2D eigenvalue weighted by atomic mass is 10.2. The maximum Gasteiger partial charge on any atom is 0.129 e. The fourth-order valence-electron chi connectivity index (χ4n) is 1.30. The summed E-state index contributed by atoms with van der Waals surface area (Å²) in [6.45, 7) is 8.12. The van der Waals surface area contributed by atoms with E-state index in [1.165, 1.54) is 0 Å². The minimum Gasteiger partial charge on any atom is -0.353 e. The molecule has 0 unspecified atom stereocenters. The standard InChI is InChI=1S/C11H17N3/c1-3-7-14(4-2)11-8-10(9-12)5-6-13-11/h3,5-6,8H,1,4,7,9,12H2,2H3. The van der Waals surface area contributed by atoms with Gasteiger partial charge in [0.05, 0.1) is 0 Å². The Bertz CT molecular complexity index is 296. The molecule has 0 aliphatic heterocycles. The largest absolute Gasteiger partial charge is 0.353 e. The molecule has 0 amide bonds. The van der Waals surface area contributed by atoms with E-state index in [4.69, 9.17) is 5.73 Å². The van der Waals surface area contributed by atoms with E-state index in [0.717, 1.165) is 24.5 Å². The second-order valence-electron chi connectivity index (χ2n) is 3.05. The highest BCUT2D eigenvalue weighted by Crippen LogP contribution is 2.11. The molecule has 14 heavy (non-hydrogen) atoms. The van der Waals surface area contributed by atoms with Crippen LogP contribution in [0.1, 0.15) is 12.5 Å². The average Bonchev–Trinajstić information content (AvgIpc) is 2.26. The van der Waals surface area contributed by atoms with E-state index in [1.54, 1.807) is 6.20 Å². The lowest BCUT2D eigenvalue weighted by molar-refractivity contribution is 0.878. The molecule has 2 N–H and O–H groups in total. The highest BCUT2D eigenvalue weighted by molar-refractivity contribution is 5.41. The second kappa shape index (κ2) is 5.40. The second-order valence-corrected chi connectivity index (χ2v) is 3.05. The van der Waals surface area contributed by atoms with E-state index in [1.807, 2.05) is 18.2 Å². The van der Waals surface area contributed by atoms with E-state index in [9.17, 15) is 0 Å². The van der Waals surface area contributed by atoms with Crippen LogP contribution in [-0.4, -0.2) is 18.1 Å². The van der Waals surface area contributed by atoms with Gasteiger partial charge in [0.2, 0.25) is 0 Å². The fourth-order valence-corrected chi connectivity index (χ4v) is 1.30. The van der Waals surface area contributed by atoms with Crippen LogP contribution in [0.15, 0.2) is 31.0 Å². The average molecular weight is 191 g/mol. The van der Waals surface area contributed by atoms with Gasteiger partial charge in [-0.2, -0.15) is 0 Å². The molecule has 0 aromatic carbocycles. The molecule has 3 heteroatoms. The van der Waals surface area contributed by atoms with Crippen molar-refractivity contribution in [1.82, 2.24) is 4.98 Å². The van der Waals surface area contributed by atoms with Crippen molar-refractivity contribution < 1.29 is 0 Å². The van der Waals surface area contributed by atoms with Crippen molar-refractivity contribution in [3.63, 3.8) is 0 Å². The van der Waals surface area contributed by atoms with Crippen LogP contribution in [0.5, 0.6) is 0 Å². The van der Waals surface area contributed by atoms with Crippen LogP contribution in [0.25, 0.3) is 0 Å². The van der Waals surface area contributed by atoms with Gasteiger partial charge in [0, 0.05) is 25.8 Å². The van der Waals surface area contributed by atoms with Crippen LogP contribution in [0.3, 0.4) is 0 Å². The van der Waals surface area contributed by atoms with E-state index in [-0.39, 0.29) is 0 Å². The molecule has 1 aromatic rings. The predicted molar refractivity (Wildman–Crippen MR) is 60.2 cm³/mol. The normalized spacial score (nSPS) is 9.86. The SMILES string of the molecule is C=CCN(CC)c1cc(CN)ccn1. The van der Waals surface area contributed by atoms with Crippen LogP contribution in [-0.2, 0) is 6.54 Å². The fraction of sp³-hybridized carbons (Fsp3) is 0.364. The predicted octanol–water partition coefficient (Wildman–Crippen LogP) is 1.55. The first-order valence-electron chi connectivity index (χ1n) is 4.82. The number of hydrogen-bond acceptors (Lipinski definition) is 3. The van der Waals surface area contributed by atoms with E-state index < -0.39 is 0 Å². The number of aromatic nitrogens is 1. The summed E-state index contributed by atoms with van der Waals surface area (Å²) in [5.74, 6) is 0.968. The van der Waals surface area contributed by atoms with Crippen LogP contribution < -0.4 is 10.6 Å². The van der Waals surface area contributed by atoms with E-state index >= 15 is 0 Å². The van der Waals surface area contributed by atoms with Crippen LogP contribution >= 0.6 is 0 Å². The molecule has 0 radical (unpaired) electrons. The quantitative estimate of drug-likeness (QED) is 0.718. The maximum atomic E-state index is 5.57. The molecule has 0 atom stereocenters. The summed E-state index contributed by atoms with van der Waals surface area (Å²) in [6.07, 6.45) is 3.67. The molecule has 0 fully saturated rings. The number of likely N-dealkylation sites (N-methyl/N-ethyl adjacent to an activating group) is 1. The third-order valence-electron chi connectivity index (χ3n) is 2.10. The molecule has 3 nitrogen and oxygen atoms in total. The molecular formula is C11H17N3. The molecule has 0 bridgehead atoms. The number of nitrogens with two attached hydrogens (primary N) is 1. The van der Waals surface area contributed by atoms with E-state index in [2.05, 4.69) is 23.4 Å². The Morgan fingerprint density at radius 3 is 3.00 bits per heavy atom. The summed E-state index contributed by atoms with van der Waals surface area (Å²) in [4.78, 5) is 6.44. The van der Waals surface area contributed by atoms with Crippen molar-refractivity contribution >= 4 is 5.82 Å². The topological polar surface area (TPSA) is 42.1 Å². The van der Waals surface area contributed by atoms with Crippen molar-refractivity contribution in [2.75, 3.05) is 18.0 Å². The molecule has 0 spiro atoms. The van der Waals surface area contributed by atoms with Crippen molar-refractivity contribution in [1.29, 1.82) is 0 Å². The zero-order chi connectivity index (χ0) is 10.4. The summed E-state index contributed by atoms with van der Waals surface area (Å²) in [7, 11) is 0. The molecule has 0 saturated heterocycles. The van der Waals surface area contributed by atoms with Gasteiger partial charge in [0.25, 0.3) is 0 Å². The third-order valence-corrected chi connectivity index (χ3v) is 2.10. The summed E-state index contributed by atoms with van der Waals surface area (Å²) in [6, 6.07) is 3.96. The molecule has 0 aliphatic rings. The summed E-state index contributed by atoms with van der Waals surface area (Å²) in [5.41, 5.74) is 6.68. The van der Waals surface area contributed by atoms with Crippen molar-refractivity contribution in [3.05, 3.63) is 36.5 Å². The van der Waals surface area contributed by atoms with Gasteiger partial charge < -0.3 is 10.6 Å². The van der Waals surface area contributed by atoms with Gasteiger partial charge in [-0.25, -0.2) is 4.98 Å². The summed E-state index contributed by atoms with van der Waals surface area (Å²) in [5, 5.41) is 0. The summed E-state index contributed by atoms with van der Waals surface area (Å²) < 4.78 is 0. The summed E-state index contributed by atoms with van der Waals surface area (Å²) >= 11 is 0. The minimum absolute atomic E-state index is 0.557. The van der Waals surface area contributed by atoms with Gasteiger partial charge in [-0.05, 0) is 24.6 Å². The molecule has 0 saturated carbocycles. The van der Waals surface area contributed by atoms with Crippen molar-refractivity contribution in [2.45, 2.75) is 13.5 Å². The van der Waals surface area contributed by atoms with Gasteiger partial charge in [0.1, 0.15) is 5.82 Å². The number of rotatable bonds is 5. The zero-order valence-electron chi connectivity index (χ0n) is 8.61. The van der Waals surface area contributed by atoms with Gasteiger partial charge in [-0.15, -0.1) is 6.58 Å². The van der Waals surface area contributed by atoms with Crippen LogP contribution in [0.2, 0.25) is 0 Å². The van der Waals surface area contributed by atoms with E-state index in [0.29, 0.717) is 6.54 Å². The molecule has 1 aromatic heterocycles. The lowest BCUT2D eigenvalue weighted by Crippen LogP contribution is -2.23. The number of nitrogens with zero attached hydrogens (tertiary/aromatic N) is 2. The first-order valence-corrected chi connectivity index (χ1v) is 4.82. The molecular weight excluding hydrogens is 174 g/mol. The molecule has 1 heterocycles. The van der Waals surface area contributed by atoms with Gasteiger partial charge in [-0.1, -0.05) is 6.08 Å². The molecule has 76 valence electrons. The minimum atomic E-state index is 0.557.